The number of ketones is 1. The Morgan fingerprint density at radius 1 is 1.09 bits per heavy atom. The van der Waals surface area contributed by atoms with E-state index >= 15 is 0 Å². The molecule has 32 heavy (non-hydrogen) atoms. The van der Waals surface area contributed by atoms with Gasteiger partial charge in [0.05, 0.1) is 28.5 Å². The van der Waals surface area contributed by atoms with Crippen LogP contribution in [0.1, 0.15) is 29.9 Å². The monoisotopic (exact) mass is 471 g/mol. The Balaban J connectivity index is 1.79. The highest BCUT2D eigenvalue weighted by atomic mass is 35.5. The van der Waals surface area contributed by atoms with Crippen molar-refractivity contribution in [2.75, 3.05) is 6.61 Å². The van der Waals surface area contributed by atoms with E-state index in [1.807, 2.05) is 25.1 Å². The molecule has 1 atom stereocenters. The molecular formula is C24H19Cl2NO5. The largest absolute Gasteiger partial charge is 0.507 e. The number of aliphatic hydroxyl groups is 1. The zero-order valence-corrected chi connectivity index (χ0v) is 18.6. The van der Waals surface area contributed by atoms with E-state index in [0.29, 0.717) is 23.1 Å². The van der Waals surface area contributed by atoms with Crippen LogP contribution in [-0.2, 0) is 16.1 Å². The third-order valence-electron chi connectivity index (χ3n) is 5.11. The van der Waals surface area contributed by atoms with Crippen molar-refractivity contribution in [3.05, 3.63) is 93.4 Å². The fraction of sp³-hybridized carbons (Fsp3) is 0.167. The molecule has 2 heterocycles. The highest BCUT2D eigenvalue weighted by molar-refractivity contribution is 6.46. The lowest BCUT2D eigenvalue weighted by atomic mass is 9.99. The number of likely N-dealkylation sites (tertiary alicyclic amines) is 1. The van der Waals surface area contributed by atoms with Crippen molar-refractivity contribution in [3.63, 3.8) is 0 Å². The number of Topliss-reactive ketones (excluding diaryl/α,β-unsaturated/α-hetero) is 1. The fourth-order valence-corrected chi connectivity index (χ4v) is 3.98. The maximum atomic E-state index is 13.0. The predicted molar refractivity (Wildman–Crippen MR) is 121 cm³/mol. The van der Waals surface area contributed by atoms with Gasteiger partial charge in [0.25, 0.3) is 11.7 Å². The second kappa shape index (κ2) is 9.10. The van der Waals surface area contributed by atoms with Gasteiger partial charge in [-0.1, -0.05) is 35.3 Å². The molecule has 0 bridgehead atoms. The zero-order valence-electron chi connectivity index (χ0n) is 17.0. The molecular weight excluding hydrogens is 453 g/mol. The topological polar surface area (TPSA) is 80.0 Å². The van der Waals surface area contributed by atoms with Crippen LogP contribution in [0.15, 0.2) is 70.9 Å². The molecule has 2 aromatic carbocycles. The molecule has 0 spiro atoms. The number of carbonyl (C=O) groups is 2. The summed E-state index contributed by atoms with van der Waals surface area (Å²) in [5.41, 5.74) is 0.959. The number of carbonyl (C=O) groups excluding carboxylic acids is 2. The molecule has 0 saturated carbocycles. The van der Waals surface area contributed by atoms with Gasteiger partial charge < -0.3 is 19.2 Å². The van der Waals surface area contributed by atoms with Crippen molar-refractivity contribution in [2.45, 2.75) is 19.5 Å². The highest BCUT2D eigenvalue weighted by Crippen LogP contribution is 2.41. The zero-order chi connectivity index (χ0) is 22.8. The minimum absolute atomic E-state index is 0.0794. The standard InChI is InChI=1S/C24H19Cl2NO5/c1-2-31-16-6-3-5-14(11-16)13-27-21(19-7-4-10-32-19)20(23(29)24(27)30)22(28)15-8-9-17(25)18(26)12-15/h3-12,21,28H,2,13H2,1H3/b22-20-. The first-order valence-corrected chi connectivity index (χ1v) is 10.6. The molecule has 6 nitrogen and oxygen atoms in total. The van der Waals surface area contributed by atoms with Gasteiger partial charge in [-0.15, -0.1) is 0 Å². The van der Waals surface area contributed by atoms with Crippen LogP contribution >= 0.6 is 23.2 Å². The van der Waals surface area contributed by atoms with Crippen molar-refractivity contribution in [3.8, 4) is 5.75 Å². The van der Waals surface area contributed by atoms with Crippen molar-refractivity contribution >= 4 is 40.7 Å². The van der Waals surface area contributed by atoms with Crippen LogP contribution in [0.25, 0.3) is 5.76 Å². The smallest absolute Gasteiger partial charge is 0.296 e. The molecule has 1 aromatic heterocycles. The number of hydrogen-bond donors (Lipinski definition) is 1. The van der Waals surface area contributed by atoms with E-state index in [4.69, 9.17) is 32.4 Å². The average molecular weight is 472 g/mol. The van der Waals surface area contributed by atoms with Crippen LogP contribution in [0.4, 0.5) is 0 Å². The molecule has 4 rings (SSSR count). The number of amides is 1. The Kier molecular flexibility index (Phi) is 6.26. The van der Waals surface area contributed by atoms with Gasteiger partial charge in [-0.05, 0) is 55.0 Å². The second-order valence-electron chi connectivity index (χ2n) is 7.15. The summed E-state index contributed by atoms with van der Waals surface area (Å²) in [6.07, 6.45) is 1.45. The van der Waals surface area contributed by atoms with Gasteiger partial charge in [0.15, 0.2) is 0 Å². The minimum Gasteiger partial charge on any atom is -0.507 e. The lowest BCUT2D eigenvalue weighted by molar-refractivity contribution is -0.140. The molecule has 1 saturated heterocycles. The first-order valence-electron chi connectivity index (χ1n) is 9.89. The Labute approximate surface area is 194 Å². The van der Waals surface area contributed by atoms with Crippen LogP contribution in [0.5, 0.6) is 5.75 Å². The minimum atomic E-state index is -0.907. The van der Waals surface area contributed by atoms with E-state index in [1.165, 1.54) is 29.4 Å². The van der Waals surface area contributed by atoms with Crippen LogP contribution in [0.2, 0.25) is 10.0 Å². The van der Waals surface area contributed by atoms with E-state index in [0.717, 1.165) is 5.56 Å². The van der Waals surface area contributed by atoms with E-state index in [-0.39, 0.29) is 28.5 Å². The molecule has 0 aliphatic carbocycles. The summed E-state index contributed by atoms with van der Waals surface area (Å²) in [7, 11) is 0. The SMILES string of the molecule is CCOc1cccc(CN2C(=O)C(=O)/C(=C(\O)c3ccc(Cl)c(Cl)c3)C2c2ccco2)c1. The molecule has 1 N–H and O–H groups in total. The van der Waals surface area contributed by atoms with Gasteiger partial charge in [0, 0.05) is 12.1 Å². The average Bonchev–Trinajstić information content (AvgIpc) is 3.38. The number of ether oxygens (including phenoxy) is 1. The number of hydrogen-bond acceptors (Lipinski definition) is 5. The molecule has 1 aliphatic heterocycles. The van der Waals surface area contributed by atoms with Gasteiger partial charge in [-0.2, -0.15) is 0 Å². The van der Waals surface area contributed by atoms with Gasteiger partial charge in [-0.25, -0.2) is 0 Å². The predicted octanol–water partition coefficient (Wildman–Crippen LogP) is 5.61. The van der Waals surface area contributed by atoms with Gasteiger partial charge in [0.1, 0.15) is 23.3 Å². The van der Waals surface area contributed by atoms with Crippen molar-refractivity contribution in [2.24, 2.45) is 0 Å². The van der Waals surface area contributed by atoms with E-state index in [2.05, 4.69) is 0 Å². The van der Waals surface area contributed by atoms with Crippen molar-refractivity contribution < 1.29 is 23.8 Å². The van der Waals surface area contributed by atoms with Gasteiger partial charge in [0.2, 0.25) is 0 Å². The van der Waals surface area contributed by atoms with Crippen LogP contribution in [-0.4, -0.2) is 28.3 Å². The normalized spacial score (nSPS) is 17.7. The fourth-order valence-electron chi connectivity index (χ4n) is 3.68. The quantitative estimate of drug-likeness (QED) is 0.287. The number of rotatable bonds is 6. The summed E-state index contributed by atoms with van der Waals surface area (Å²) in [5.74, 6) is -0.890. The van der Waals surface area contributed by atoms with Crippen LogP contribution < -0.4 is 4.74 Å². The van der Waals surface area contributed by atoms with E-state index in [1.54, 1.807) is 18.2 Å². The summed E-state index contributed by atoms with van der Waals surface area (Å²) >= 11 is 12.1. The van der Waals surface area contributed by atoms with Gasteiger partial charge in [-0.3, -0.25) is 9.59 Å². The molecule has 1 unspecified atom stereocenters. The molecule has 164 valence electrons. The molecule has 8 heteroatoms. The Morgan fingerprint density at radius 2 is 1.91 bits per heavy atom. The van der Waals surface area contributed by atoms with Crippen LogP contribution in [0, 0.1) is 0 Å². The number of furan rings is 1. The third-order valence-corrected chi connectivity index (χ3v) is 5.85. The Hall–Kier alpha value is -3.22. The number of benzene rings is 2. The summed E-state index contributed by atoms with van der Waals surface area (Å²) in [6, 6.07) is 14.2. The third kappa shape index (κ3) is 4.11. The first-order chi connectivity index (χ1) is 15.4. The molecule has 0 radical (unpaired) electrons. The lowest BCUT2D eigenvalue weighted by Crippen LogP contribution is -2.29. The summed E-state index contributed by atoms with van der Waals surface area (Å²) in [4.78, 5) is 27.4. The van der Waals surface area contributed by atoms with Crippen molar-refractivity contribution in [1.29, 1.82) is 0 Å². The van der Waals surface area contributed by atoms with E-state index < -0.39 is 17.7 Å². The number of nitrogens with zero attached hydrogens (tertiary/aromatic N) is 1. The number of halogens is 2. The molecule has 1 amide bonds. The summed E-state index contributed by atoms with van der Waals surface area (Å²) in [5, 5.41) is 11.5. The molecule has 3 aromatic rings. The summed E-state index contributed by atoms with van der Waals surface area (Å²) < 4.78 is 11.1. The number of aliphatic hydroxyl groups excluding tert-OH is 1. The second-order valence-corrected chi connectivity index (χ2v) is 7.97. The lowest BCUT2D eigenvalue weighted by Gasteiger charge is -2.23. The first kappa shape index (κ1) is 22.0. The molecule has 1 aliphatic rings. The molecule has 1 fully saturated rings. The maximum absolute atomic E-state index is 13.0. The highest BCUT2D eigenvalue weighted by Gasteiger charge is 2.47. The Morgan fingerprint density at radius 3 is 2.59 bits per heavy atom. The van der Waals surface area contributed by atoms with E-state index in [9.17, 15) is 14.7 Å². The van der Waals surface area contributed by atoms with Gasteiger partial charge >= 0.3 is 0 Å². The van der Waals surface area contributed by atoms with Crippen LogP contribution in [0.3, 0.4) is 0 Å². The van der Waals surface area contributed by atoms with Crippen molar-refractivity contribution in [1.82, 2.24) is 4.90 Å². The Bertz CT molecular complexity index is 1200. The summed E-state index contributed by atoms with van der Waals surface area (Å²) in [6.45, 7) is 2.50. The maximum Gasteiger partial charge on any atom is 0.296 e.